The SMILES string of the molecule is CC(Br)OS(C)(=O)=O. The molecule has 8 heavy (non-hydrogen) atoms. The molecule has 0 saturated heterocycles. The van der Waals surface area contributed by atoms with Gasteiger partial charge in [-0.25, -0.2) is 0 Å². The molecule has 0 saturated carbocycles. The molecular weight excluding hydrogens is 196 g/mol. The van der Waals surface area contributed by atoms with Crippen LogP contribution in [0.15, 0.2) is 0 Å². The van der Waals surface area contributed by atoms with E-state index >= 15 is 0 Å². The van der Waals surface area contributed by atoms with Gasteiger partial charge in [-0.1, -0.05) is 15.9 Å². The maximum absolute atomic E-state index is 10.2. The molecule has 0 spiro atoms. The van der Waals surface area contributed by atoms with E-state index in [0.717, 1.165) is 6.26 Å². The Morgan fingerprint density at radius 2 is 2.00 bits per heavy atom. The lowest BCUT2D eigenvalue weighted by atomic mass is 10.9. The highest BCUT2D eigenvalue weighted by atomic mass is 79.9. The molecule has 0 radical (unpaired) electrons. The second-order valence-corrected chi connectivity index (χ2v) is 4.23. The van der Waals surface area contributed by atoms with Crippen molar-refractivity contribution < 1.29 is 12.6 Å². The van der Waals surface area contributed by atoms with Crippen molar-refractivity contribution in [3.05, 3.63) is 0 Å². The van der Waals surface area contributed by atoms with E-state index in [9.17, 15) is 8.42 Å². The minimum absolute atomic E-state index is 0.433. The molecule has 0 aliphatic heterocycles. The summed E-state index contributed by atoms with van der Waals surface area (Å²) in [5.41, 5.74) is 0. The highest BCUT2D eigenvalue weighted by Crippen LogP contribution is 2.02. The van der Waals surface area contributed by atoms with Crippen molar-refractivity contribution in [3.63, 3.8) is 0 Å². The Balaban J connectivity index is 3.75. The van der Waals surface area contributed by atoms with Gasteiger partial charge in [0.15, 0.2) is 0 Å². The first-order valence-corrected chi connectivity index (χ1v) is 4.67. The predicted octanol–water partition coefficient (Wildman–Crippen LogP) is 0.704. The third kappa shape index (κ3) is 6.39. The van der Waals surface area contributed by atoms with E-state index in [1.807, 2.05) is 0 Å². The molecule has 5 heteroatoms. The van der Waals surface area contributed by atoms with Crippen LogP contribution in [0.2, 0.25) is 0 Å². The summed E-state index contributed by atoms with van der Waals surface area (Å²) in [4.78, 5) is 0. The Bertz CT molecular complexity index is 148. The molecule has 0 heterocycles. The van der Waals surface area contributed by atoms with Crippen LogP contribution in [0.1, 0.15) is 6.92 Å². The average molecular weight is 203 g/mol. The molecule has 1 atom stereocenters. The fraction of sp³-hybridized carbons (Fsp3) is 1.00. The second-order valence-electron chi connectivity index (χ2n) is 1.34. The van der Waals surface area contributed by atoms with Crippen molar-refractivity contribution >= 4 is 26.0 Å². The first kappa shape index (κ1) is 8.39. The van der Waals surface area contributed by atoms with Gasteiger partial charge in [-0.3, -0.25) is 4.18 Å². The topological polar surface area (TPSA) is 43.4 Å². The molecule has 0 N–H and O–H groups in total. The van der Waals surface area contributed by atoms with Crippen LogP contribution in [0, 0.1) is 0 Å². The Morgan fingerprint density at radius 3 is 2.00 bits per heavy atom. The van der Waals surface area contributed by atoms with Crippen LogP contribution < -0.4 is 0 Å². The van der Waals surface area contributed by atoms with E-state index in [1.165, 1.54) is 0 Å². The fourth-order valence-electron chi connectivity index (χ4n) is 0.241. The highest BCUT2D eigenvalue weighted by molar-refractivity contribution is 9.09. The number of halogens is 1. The van der Waals surface area contributed by atoms with E-state index in [4.69, 9.17) is 0 Å². The molecule has 3 nitrogen and oxygen atoms in total. The summed E-state index contributed by atoms with van der Waals surface area (Å²) in [6.07, 6.45) is 1.00. The minimum Gasteiger partial charge on any atom is -0.256 e. The third-order valence-corrected chi connectivity index (χ3v) is 1.38. The van der Waals surface area contributed by atoms with Gasteiger partial charge in [0.25, 0.3) is 10.1 Å². The zero-order chi connectivity index (χ0) is 6.78. The summed E-state index contributed by atoms with van der Waals surface area (Å²) in [7, 11) is -3.27. The van der Waals surface area contributed by atoms with Crippen molar-refractivity contribution in [1.82, 2.24) is 0 Å². The number of rotatable bonds is 2. The van der Waals surface area contributed by atoms with E-state index < -0.39 is 15.1 Å². The largest absolute Gasteiger partial charge is 0.265 e. The van der Waals surface area contributed by atoms with Crippen LogP contribution >= 0.6 is 15.9 Å². The standard InChI is InChI=1S/C3H7BrO3S/c1-3(4)7-8(2,5)6/h3H,1-2H3. The smallest absolute Gasteiger partial charge is 0.256 e. The molecular formula is C3H7BrO3S. The van der Waals surface area contributed by atoms with Gasteiger partial charge in [-0.05, 0) is 6.92 Å². The van der Waals surface area contributed by atoms with Crippen LogP contribution in [0.3, 0.4) is 0 Å². The van der Waals surface area contributed by atoms with Crippen molar-refractivity contribution in [2.45, 2.75) is 11.9 Å². The Kier molecular flexibility index (Phi) is 2.93. The van der Waals surface area contributed by atoms with Gasteiger partial charge in [0, 0.05) is 0 Å². The predicted molar refractivity (Wildman–Crippen MR) is 34.3 cm³/mol. The molecule has 0 aromatic rings. The van der Waals surface area contributed by atoms with Crippen molar-refractivity contribution in [2.24, 2.45) is 0 Å². The van der Waals surface area contributed by atoms with E-state index in [-0.39, 0.29) is 0 Å². The highest BCUT2D eigenvalue weighted by Gasteiger charge is 2.04. The van der Waals surface area contributed by atoms with Gasteiger partial charge in [-0.2, -0.15) is 8.42 Å². The molecule has 0 amide bonds. The normalized spacial score (nSPS) is 15.9. The lowest BCUT2D eigenvalue weighted by Crippen LogP contribution is -2.06. The maximum atomic E-state index is 10.2. The monoisotopic (exact) mass is 202 g/mol. The number of hydrogen-bond donors (Lipinski definition) is 0. The lowest BCUT2D eigenvalue weighted by molar-refractivity contribution is 0.319. The number of alkyl halides is 1. The molecule has 0 fully saturated rings. The summed E-state index contributed by atoms with van der Waals surface area (Å²) in [5, 5.41) is -0.433. The Morgan fingerprint density at radius 1 is 1.62 bits per heavy atom. The van der Waals surface area contributed by atoms with E-state index in [0.29, 0.717) is 0 Å². The van der Waals surface area contributed by atoms with Gasteiger partial charge in [0.05, 0.1) is 6.26 Å². The van der Waals surface area contributed by atoms with Crippen LogP contribution in [0.4, 0.5) is 0 Å². The quantitative estimate of drug-likeness (QED) is 0.490. The molecule has 0 aliphatic rings. The molecule has 0 rings (SSSR count). The van der Waals surface area contributed by atoms with Crippen LogP contribution in [-0.4, -0.2) is 19.7 Å². The molecule has 50 valence electrons. The van der Waals surface area contributed by atoms with Gasteiger partial charge >= 0.3 is 0 Å². The number of hydrogen-bond acceptors (Lipinski definition) is 3. The average Bonchev–Trinajstić information content (AvgIpc) is 1.21. The Labute approximate surface area is 57.3 Å². The second kappa shape index (κ2) is 2.80. The van der Waals surface area contributed by atoms with Crippen molar-refractivity contribution in [2.75, 3.05) is 6.26 Å². The molecule has 0 aromatic heterocycles. The summed E-state index contributed by atoms with van der Waals surface area (Å²) in [6.45, 7) is 1.58. The molecule has 0 aliphatic carbocycles. The minimum atomic E-state index is -3.27. The first-order chi connectivity index (χ1) is 3.42. The van der Waals surface area contributed by atoms with E-state index in [1.54, 1.807) is 6.92 Å². The Hall–Kier alpha value is 0.390. The van der Waals surface area contributed by atoms with Crippen molar-refractivity contribution in [1.29, 1.82) is 0 Å². The zero-order valence-corrected chi connectivity index (χ0v) is 6.99. The van der Waals surface area contributed by atoms with Crippen LogP contribution in [0.25, 0.3) is 0 Å². The van der Waals surface area contributed by atoms with Gasteiger partial charge in [-0.15, -0.1) is 0 Å². The summed E-state index contributed by atoms with van der Waals surface area (Å²) in [6, 6.07) is 0. The zero-order valence-electron chi connectivity index (χ0n) is 4.59. The molecule has 0 bridgehead atoms. The first-order valence-electron chi connectivity index (χ1n) is 1.94. The summed E-state index contributed by atoms with van der Waals surface area (Å²) >= 11 is 2.91. The summed E-state index contributed by atoms with van der Waals surface area (Å²) < 4.78 is 24.7. The maximum Gasteiger partial charge on any atom is 0.265 e. The van der Waals surface area contributed by atoms with Crippen molar-refractivity contribution in [3.8, 4) is 0 Å². The van der Waals surface area contributed by atoms with Gasteiger partial charge in [0.2, 0.25) is 0 Å². The summed E-state index contributed by atoms with van der Waals surface area (Å²) in [5.74, 6) is 0. The third-order valence-electron chi connectivity index (χ3n) is 0.307. The van der Waals surface area contributed by atoms with Crippen LogP contribution in [-0.2, 0) is 14.3 Å². The lowest BCUT2D eigenvalue weighted by Gasteiger charge is -1.99. The fourth-order valence-corrected chi connectivity index (χ4v) is 1.55. The van der Waals surface area contributed by atoms with Gasteiger partial charge in [0.1, 0.15) is 5.01 Å². The molecule has 0 aromatic carbocycles. The van der Waals surface area contributed by atoms with Gasteiger partial charge < -0.3 is 0 Å². The van der Waals surface area contributed by atoms with E-state index in [2.05, 4.69) is 20.1 Å². The van der Waals surface area contributed by atoms with Crippen LogP contribution in [0.5, 0.6) is 0 Å². The molecule has 1 unspecified atom stereocenters.